The summed E-state index contributed by atoms with van der Waals surface area (Å²) in [6.07, 6.45) is 0. The lowest BCUT2D eigenvalue weighted by Crippen LogP contribution is -2.08. The summed E-state index contributed by atoms with van der Waals surface area (Å²) in [4.78, 5) is 4.43. The van der Waals surface area contributed by atoms with Gasteiger partial charge < -0.3 is 5.43 Å². The summed E-state index contributed by atoms with van der Waals surface area (Å²) >= 11 is 6.08. The molecule has 0 aliphatic heterocycles. The van der Waals surface area contributed by atoms with Crippen molar-refractivity contribution in [1.82, 2.24) is 4.98 Å². The molecule has 0 aliphatic rings. The minimum atomic E-state index is 0.633. The molecule has 1 heterocycles. The molecule has 3 rings (SSSR count). The molecule has 0 unspecified atom stereocenters. The third kappa shape index (κ3) is 2.26. The third-order valence-corrected chi connectivity index (χ3v) is 3.24. The van der Waals surface area contributed by atoms with Crippen molar-refractivity contribution in [3.8, 4) is 11.1 Å². The fourth-order valence-electron chi connectivity index (χ4n) is 2.13. The normalized spacial score (nSPS) is 10.6. The first kappa shape index (κ1) is 12.0. The molecule has 0 amide bonds. The van der Waals surface area contributed by atoms with E-state index in [1.54, 1.807) is 0 Å². The maximum absolute atomic E-state index is 6.08. The maximum Gasteiger partial charge on any atom is 0.141 e. The van der Waals surface area contributed by atoms with Crippen molar-refractivity contribution in [3.63, 3.8) is 0 Å². The van der Waals surface area contributed by atoms with E-state index in [2.05, 4.69) is 22.5 Å². The Kier molecular flexibility index (Phi) is 3.07. The molecule has 3 aromatic rings. The second-order valence-corrected chi connectivity index (χ2v) is 4.66. The van der Waals surface area contributed by atoms with Crippen LogP contribution in [0.4, 0.5) is 5.82 Å². The molecule has 94 valence electrons. The van der Waals surface area contributed by atoms with Crippen LogP contribution in [0.3, 0.4) is 0 Å². The van der Waals surface area contributed by atoms with Gasteiger partial charge in [0.2, 0.25) is 0 Å². The number of hydrogen-bond acceptors (Lipinski definition) is 3. The highest BCUT2D eigenvalue weighted by Gasteiger charge is 2.07. The minimum Gasteiger partial charge on any atom is -0.308 e. The predicted molar refractivity (Wildman–Crippen MR) is 80.0 cm³/mol. The molecule has 0 spiro atoms. The van der Waals surface area contributed by atoms with Crippen LogP contribution >= 0.6 is 11.6 Å². The summed E-state index contributed by atoms with van der Waals surface area (Å²) in [5.74, 6) is 6.11. The van der Waals surface area contributed by atoms with Crippen molar-refractivity contribution in [1.29, 1.82) is 0 Å². The Balaban J connectivity index is 2.35. The summed E-state index contributed by atoms with van der Waals surface area (Å²) in [5, 5.41) is 1.71. The Labute approximate surface area is 116 Å². The van der Waals surface area contributed by atoms with E-state index < -0.39 is 0 Å². The van der Waals surface area contributed by atoms with Crippen molar-refractivity contribution in [3.05, 3.63) is 59.6 Å². The molecule has 1 aromatic heterocycles. The van der Waals surface area contributed by atoms with Gasteiger partial charge in [-0.2, -0.15) is 0 Å². The van der Waals surface area contributed by atoms with Crippen LogP contribution in [0, 0.1) is 0 Å². The highest BCUT2D eigenvalue weighted by atomic mass is 35.5. The zero-order valence-corrected chi connectivity index (χ0v) is 10.9. The molecular weight excluding hydrogens is 258 g/mol. The number of nitrogen functional groups attached to an aromatic ring is 1. The maximum atomic E-state index is 6.08. The van der Waals surface area contributed by atoms with E-state index in [9.17, 15) is 0 Å². The highest BCUT2D eigenvalue weighted by Crippen LogP contribution is 2.31. The van der Waals surface area contributed by atoms with E-state index in [4.69, 9.17) is 17.4 Å². The average molecular weight is 270 g/mol. The van der Waals surface area contributed by atoms with Crippen molar-refractivity contribution in [2.75, 3.05) is 5.43 Å². The van der Waals surface area contributed by atoms with Gasteiger partial charge in [0.05, 0.1) is 5.52 Å². The summed E-state index contributed by atoms with van der Waals surface area (Å²) < 4.78 is 0. The molecule has 0 radical (unpaired) electrons. The predicted octanol–water partition coefficient (Wildman–Crippen LogP) is 3.84. The van der Waals surface area contributed by atoms with Crippen molar-refractivity contribution >= 4 is 28.3 Å². The van der Waals surface area contributed by atoms with E-state index in [1.165, 1.54) is 0 Å². The summed E-state index contributed by atoms with van der Waals surface area (Å²) in [5.41, 5.74) is 5.62. The minimum absolute atomic E-state index is 0.633. The Morgan fingerprint density at radius 3 is 2.53 bits per heavy atom. The number of nitrogens with zero attached hydrogens (tertiary/aromatic N) is 1. The number of nitrogens with two attached hydrogens (primary N) is 1. The smallest absolute Gasteiger partial charge is 0.141 e. The van der Waals surface area contributed by atoms with E-state index in [0.29, 0.717) is 10.8 Å². The van der Waals surface area contributed by atoms with Gasteiger partial charge in [0, 0.05) is 10.4 Å². The van der Waals surface area contributed by atoms with Gasteiger partial charge in [-0.1, -0.05) is 41.9 Å². The quantitative estimate of drug-likeness (QED) is 0.549. The first-order chi connectivity index (χ1) is 9.28. The Morgan fingerprint density at radius 1 is 1.00 bits per heavy atom. The first-order valence-corrected chi connectivity index (χ1v) is 6.28. The van der Waals surface area contributed by atoms with Crippen molar-refractivity contribution in [2.45, 2.75) is 0 Å². The number of nitrogens with one attached hydrogen (secondary N) is 1. The zero-order chi connectivity index (χ0) is 13.2. The Hall–Kier alpha value is -2.10. The molecule has 0 aliphatic carbocycles. The van der Waals surface area contributed by atoms with Crippen LogP contribution in [0.2, 0.25) is 5.02 Å². The lowest BCUT2D eigenvalue weighted by molar-refractivity contribution is 1.26. The van der Waals surface area contributed by atoms with Gasteiger partial charge in [-0.3, -0.25) is 0 Å². The number of halogens is 1. The summed E-state index contributed by atoms with van der Waals surface area (Å²) in [6, 6.07) is 17.7. The second kappa shape index (κ2) is 4.88. The van der Waals surface area contributed by atoms with Crippen LogP contribution in [-0.2, 0) is 0 Å². The molecular formula is C15H12ClN3. The number of benzene rings is 2. The molecule has 19 heavy (non-hydrogen) atoms. The van der Waals surface area contributed by atoms with Gasteiger partial charge >= 0.3 is 0 Å². The monoisotopic (exact) mass is 269 g/mol. The van der Waals surface area contributed by atoms with Crippen LogP contribution in [-0.4, -0.2) is 4.98 Å². The zero-order valence-electron chi connectivity index (χ0n) is 10.1. The number of rotatable bonds is 2. The van der Waals surface area contributed by atoms with Gasteiger partial charge in [0.1, 0.15) is 5.82 Å². The molecule has 3 N–H and O–H groups in total. The van der Waals surface area contributed by atoms with E-state index in [1.807, 2.05) is 42.5 Å². The summed E-state index contributed by atoms with van der Waals surface area (Å²) in [7, 11) is 0. The lowest BCUT2D eigenvalue weighted by atomic mass is 10.0. The topological polar surface area (TPSA) is 50.9 Å². The van der Waals surface area contributed by atoms with Crippen LogP contribution in [0.5, 0.6) is 0 Å². The first-order valence-electron chi connectivity index (χ1n) is 5.90. The molecule has 4 heteroatoms. The largest absolute Gasteiger partial charge is 0.308 e. The highest BCUT2D eigenvalue weighted by molar-refractivity contribution is 6.31. The summed E-state index contributed by atoms with van der Waals surface area (Å²) in [6.45, 7) is 0. The molecule has 2 aromatic carbocycles. The van der Waals surface area contributed by atoms with E-state index >= 15 is 0 Å². The van der Waals surface area contributed by atoms with Crippen molar-refractivity contribution in [2.24, 2.45) is 5.84 Å². The Bertz CT molecular complexity index is 726. The number of anilines is 1. The van der Waals surface area contributed by atoms with E-state index in [-0.39, 0.29) is 0 Å². The van der Waals surface area contributed by atoms with Crippen LogP contribution in [0.15, 0.2) is 54.6 Å². The standard InChI is InChI=1S/C15H12ClN3/c16-11-6-7-14-13(8-11)12(9-15(18-14)19-17)10-4-2-1-3-5-10/h1-9H,17H2,(H,18,19). The average Bonchev–Trinajstić information content (AvgIpc) is 2.47. The van der Waals surface area contributed by atoms with E-state index in [0.717, 1.165) is 22.0 Å². The molecule has 0 atom stereocenters. The number of hydrogen-bond donors (Lipinski definition) is 2. The van der Waals surface area contributed by atoms with Gasteiger partial charge in [0.25, 0.3) is 0 Å². The fraction of sp³-hybridized carbons (Fsp3) is 0. The molecule has 0 saturated heterocycles. The van der Waals surface area contributed by atoms with Gasteiger partial charge in [0.15, 0.2) is 0 Å². The molecule has 0 saturated carbocycles. The van der Waals surface area contributed by atoms with Gasteiger partial charge in [-0.05, 0) is 35.4 Å². The number of aromatic nitrogens is 1. The molecule has 3 nitrogen and oxygen atoms in total. The molecule has 0 fully saturated rings. The fourth-order valence-corrected chi connectivity index (χ4v) is 2.30. The van der Waals surface area contributed by atoms with Crippen LogP contribution < -0.4 is 11.3 Å². The third-order valence-electron chi connectivity index (χ3n) is 3.00. The number of pyridine rings is 1. The van der Waals surface area contributed by atoms with Crippen molar-refractivity contribution < 1.29 is 0 Å². The van der Waals surface area contributed by atoms with Crippen LogP contribution in [0.25, 0.3) is 22.0 Å². The van der Waals surface area contributed by atoms with Gasteiger partial charge in [-0.15, -0.1) is 0 Å². The van der Waals surface area contributed by atoms with Crippen LogP contribution in [0.1, 0.15) is 0 Å². The Morgan fingerprint density at radius 2 is 1.79 bits per heavy atom. The number of hydrazine groups is 1. The lowest BCUT2D eigenvalue weighted by Gasteiger charge is -2.10. The second-order valence-electron chi connectivity index (χ2n) is 4.23. The SMILES string of the molecule is NNc1cc(-c2ccccc2)c2cc(Cl)ccc2n1. The van der Waals surface area contributed by atoms with Gasteiger partial charge in [-0.25, -0.2) is 10.8 Å². The number of fused-ring (bicyclic) bond motifs is 1. The molecule has 0 bridgehead atoms.